The van der Waals surface area contributed by atoms with Gasteiger partial charge in [0.25, 0.3) is 5.91 Å². The van der Waals surface area contributed by atoms with Crippen molar-refractivity contribution < 1.29 is 9.18 Å². The lowest BCUT2D eigenvalue weighted by molar-refractivity contribution is 0.102. The molecule has 0 unspecified atom stereocenters. The first kappa shape index (κ1) is 13.8. The molecule has 0 fully saturated rings. The maximum Gasteiger partial charge on any atom is 0.274 e. The minimum Gasteiger partial charge on any atom is -0.319 e. The molecule has 5 nitrogen and oxygen atoms in total. The van der Waals surface area contributed by atoms with Crippen molar-refractivity contribution in [3.05, 3.63) is 72.6 Å². The highest BCUT2D eigenvalue weighted by molar-refractivity contribution is 6.02. The summed E-state index contributed by atoms with van der Waals surface area (Å²) in [5.41, 5.74) is 2.12. The summed E-state index contributed by atoms with van der Waals surface area (Å²) < 4.78 is 12.8. The molecule has 3 aromatic rings. The van der Waals surface area contributed by atoms with Crippen LogP contribution in [0.1, 0.15) is 10.5 Å². The van der Waals surface area contributed by atoms with Crippen molar-refractivity contribution in [2.75, 3.05) is 5.32 Å². The lowest BCUT2D eigenvalue weighted by Gasteiger charge is -2.05. The van der Waals surface area contributed by atoms with Crippen molar-refractivity contribution in [2.24, 2.45) is 0 Å². The number of carbonyl (C=O) groups is 1. The predicted octanol–water partition coefficient (Wildman–Crippen LogP) is 2.93. The Morgan fingerprint density at radius 3 is 2.41 bits per heavy atom. The van der Waals surface area contributed by atoms with Crippen molar-refractivity contribution in [3.63, 3.8) is 0 Å². The molecule has 0 aromatic carbocycles. The fourth-order valence-corrected chi connectivity index (χ4v) is 1.84. The number of anilines is 1. The van der Waals surface area contributed by atoms with Crippen LogP contribution in [0.5, 0.6) is 0 Å². The summed E-state index contributed by atoms with van der Waals surface area (Å²) >= 11 is 0. The summed E-state index contributed by atoms with van der Waals surface area (Å²) in [7, 11) is 0. The molecule has 3 aromatic heterocycles. The van der Waals surface area contributed by atoms with E-state index in [1.165, 1.54) is 18.3 Å². The highest BCUT2D eigenvalue weighted by Crippen LogP contribution is 2.16. The van der Waals surface area contributed by atoms with Gasteiger partial charge in [0.1, 0.15) is 11.5 Å². The van der Waals surface area contributed by atoms with E-state index >= 15 is 0 Å². The first-order valence-corrected chi connectivity index (χ1v) is 6.53. The highest BCUT2D eigenvalue weighted by Gasteiger charge is 2.08. The van der Waals surface area contributed by atoms with E-state index in [1.54, 1.807) is 18.3 Å². The molecule has 0 saturated carbocycles. The molecule has 0 aliphatic heterocycles. The number of carbonyl (C=O) groups excluding carboxylic acids is 1. The SMILES string of the molecule is O=C(Nc1ccc(-c2ccccn2)nc1)c1ccc(F)cn1. The molecule has 0 aliphatic carbocycles. The van der Waals surface area contributed by atoms with Gasteiger partial charge in [-0.2, -0.15) is 0 Å². The zero-order valence-corrected chi connectivity index (χ0v) is 11.4. The number of aromatic nitrogens is 3. The molecule has 6 heteroatoms. The minimum absolute atomic E-state index is 0.134. The average Bonchev–Trinajstić information content (AvgIpc) is 2.57. The van der Waals surface area contributed by atoms with Crippen LogP contribution >= 0.6 is 0 Å². The van der Waals surface area contributed by atoms with Gasteiger partial charge in [-0.1, -0.05) is 6.07 Å². The van der Waals surface area contributed by atoms with Crippen LogP contribution in [0, 0.1) is 5.82 Å². The third kappa shape index (κ3) is 3.12. The number of nitrogens with zero attached hydrogens (tertiary/aromatic N) is 3. The third-order valence-corrected chi connectivity index (χ3v) is 2.91. The van der Waals surface area contributed by atoms with Crippen molar-refractivity contribution >= 4 is 11.6 Å². The number of nitrogens with one attached hydrogen (secondary N) is 1. The van der Waals surface area contributed by atoms with Crippen LogP contribution in [0.4, 0.5) is 10.1 Å². The molecule has 3 heterocycles. The maximum absolute atomic E-state index is 12.8. The van der Waals surface area contributed by atoms with Gasteiger partial charge in [0.15, 0.2) is 0 Å². The van der Waals surface area contributed by atoms with Gasteiger partial charge < -0.3 is 5.32 Å². The molecule has 22 heavy (non-hydrogen) atoms. The van der Waals surface area contributed by atoms with E-state index in [2.05, 4.69) is 20.3 Å². The number of hydrogen-bond acceptors (Lipinski definition) is 4. The number of hydrogen-bond donors (Lipinski definition) is 1. The Kier molecular flexibility index (Phi) is 3.82. The Balaban J connectivity index is 1.73. The first-order chi connectivity index (χ1) is 10.7. The standard InChI is InChI=1S/C16H11FN4O/c17-11-4-6-15(19-9-11)16(22)21-12-5-7-14(20-10-12)13-3-1-2-8-18-13/h1-10H,(H,21,22). The molecule has 0 saturated heterocycles. The van der Waals surface area contributed by atoms with Gasteiger partial charge in [0, 0.05) is 6.20 Å². The quantitative estimate of drug-likeness (QED) is 0.806. The van der Waals surface area contributed by atoms with Gasteiger partial charge in [-0.05, 0) is 36.4 Å². The van der Waals surface area contributed by atoms with Crippen LogP contribution < -0.4 is 5.32 Å². The second-order valence-electron chi connectivity index (χ2n) is 4.46. The third-order valence-electron chi connectivity index (χ3n) is 2.91. The summed E-state index contributed by atoms with van der Waals surface area (Å²) in [6.07, 6.45) is 4.22. The van der Waals surface area contributed by atoms with Crippen molar-refractivity contribution in [3.8, 4) is 11.4 Å². The molecular weight excluding hydrogens is 283 g/mol. The summed E-state index contributed by atoms with van der Waals surface area (Å²) in [4.78, 5) is 24.1. The molecule has 1 N–H and O–H groups in total. The van der Waals surface area contributed by atoms with Gasteiger partial charge in [-0.15, -0.1) is 0 Å². The normalized spacial score (nSPS) is 10.2. The van der Waals surface area contributed by atoms with Crippen LogP contribution in [0.25, 0.3) is 11.4 Å². The number of rotatable bonds is 3. The molecule has 0 atom stereocenters. The largest absolute Gasteiger partial charge is 0.319 e. The van der Waals surface area contributed by atoms with Crippen LogP contribution in [0.15, 0.2) is 61.1 Å². The summed E-state index contributed by atoms with van der Waals surface area (Å²) in [6, 6.07) is 11.5. The Morgan fingerprint density at radius 2 is 1.77 bits per heavy atom. The molecule has 1 amide bonds. The highest BCUT2D eigenvalue weighted by atomic mass is 19.1. The van der Waals surface area contributed by atoms with Gasteiger partial charge >= 0.3 is 0 Å². The van der Waals surface area contributed by atoms with Crippen LogP contribution in [0.2, 0.25) is 0 Å². The fraction of sp³-hybridized carbons (Fsp3) is 0. The van der Waals surface area contributed by atoms with E-state index in [0.717, 1.165) is 11.9 Å². The smallest absolute Gasteiger partial charge is 0.274 e. The van der Waals surface area contributed by atoms with Crippen molar-refractivity contribution in [1.82, 2.24) is 15.0 Å². The molecule has 3 rings (SSSR count). The van der Waals surface area contributed by atoms with E-state index in [1.807, 2.05) is 18.2 Å². The molecule has 0 aliphatic rings. The van der Waals surface area contributed by atoms with Gasteiger partial charge in [-0.3, -0.25) is 14.8 Å². The zero-order chi connectivity index (χ0) is 15.4. The van der Waals surface area contributed by atoms with Gasteiger partial charge in [0.05, 0.1) is 29.5 Å². The maximum atomic E-state index is 12.8. The predicted molar refractivity (Wildman–Crippen MR) is 79.6 cm³/mol. The van der Waals surface area contributed by atoms with E-state index in [0.29, 0.717) is 11.4 Å². The second-order valence-corrected chi connectivity index (χ2v) is 4.46. The summed E-state index contributed by atoms with van der Waals surface area (Å²) in [5.74, 6) is -0.912. The molecular formula is C16H11FN4O. The molecule has 0 spiro atoms. The van der Waals surface area contributed by atoms with E-state index in [-0.39, 0.29) is 5.69 Å². The lowest BCUT2D eigenvalue weighted by atomic mass is 10.2. The van der Waals surface area contributed by atoms with Gasteiger partial charge in [-0.25, -0.2) is 9.37 Å². The Hall–Kier alpha value is -3.15. The Morgan fingerprint density at radius 1 is 0.909 bits per heavy atom. The van der Waals surface area contributed by atoms with Crippen LogP contribution in [-0.4, -0.2) is 20.9 Å². The van der Waals surface area contributed by atoms with Crippen LogP contribution in [0.3, 0.4) is 0 Å². The Labute approximate surface area is 125 Å². The molecule has 0 radical (unpaired) electrons. The number of pyridine rings is 3. The Bertz CT molecular complexity index is 774. The number of halogens is 1. The zero-order valence-electron chi connectivity index (χ0n) is 11.4. The number of amides is 1. The van der Waals surface area contributed by atoms with Crippen molar-refractivity contribution in [2.45, 2.75) is 0 Å². The summed E-state index contributed by atoms with van der Waals surface area (Å²) in [6.45, 7) is 0. The van der Waals surface area contributed by atoms with Gasteiger partial charge in [0.2, 0.25) is 0 Å². The monoisotopic (exact) mass is 294 g/mol. The van der Waals surface area contributed by atoms with E-state index in [9.17, 15) is 9.18 Å². The topological polar surface area (TPSA) is 67.8 Å². The van der Waals surface area contributed by atoms with E-state index in [4.69, 9.17) is 0 Å². The fourth-order valence-electron chi connectivity index (χ4n) is 1.84. The lowest BCUT2D eigenvalue weighted by Crippen LogP contribution is -2.13. The minimum atomic E-state index is -0.488. The molecule has 0 bridgehead atoms. The first-order valence-electron chi connectivity index (χ1n) is 6.53. The van der Waals surface area contributed by atoms with Crippen molar-refractivity contribution in [1.29, 1.82) is 0 Å². The summed E-state index contributed by atoms with van der Waals surface area (Å²) in [5, 5.41) is 2.65. The van der Waals surface area contributed by atoms with Crippen LogP contribution in [-0.2, 0) is 0 Å². The molecule has 108 valence electrons. The second kappa shape index (κ2) is 6.09. The van der Waals surface area contributed by atoms with E-state index < -0.39 is 11.7 Å². The average molecular weight is 294 g/mol.